The van der Waals surface area contributed by atoms with Gasteiger partial charge in [0.1, 0.15) is 5.82 Å². The van der Waals surface area contributed by atoms with Gasteiger partial charge < -0.3 is 10.2 Å². The number of carbonyl (C=O) groups is 1. The van der Waals surface area contributed by atoms with Crippen molar-refractivity contribution in [2.24, 2.45) is 7.05 Å². The molecule has 0 unspecified atom stereocenters. The summed E-state index contributed by atoms with van der Waals surface area (Å²) in [6.45, 7) is 0. The Balaban J connectivity index is 1.58. The van der Waals surface area contributed by atoms with Crippen molar-refractivity contribution in [3.8, 4) is 17.2 Å². The highest BCUT2D eigenvalue weighted by Crippen LogP contribution is 2.32. The number of amides is 1. The van der Waals surface area contributed by atoms with E-state index < -0.39 is 0 Å². The molecule has 34 heavy (non-hydrogen) atoms. The van der Waals surface area contributed by atoms with E-state index in [-0.39, 0.29) is 5.91 Å². The molecular formula is C24H21ClN8O. The first-order valence-electron chi connectivity index (χ1n) is 10.5. The fourth-order valence-electron chi connectivity index (χ4n) is 3.70. The van der Waals surface area contributed by atoms with Crippen molar-refractivity contribution in [3.63, 3.8) is 0 Å². The maximum atomic E-state index is 12.2. The lowest BCUT2D eigenvalue weighted by Gasteiger charge is -2.13. The smallest absolute Gasteiger partial charge is 0.253 e. The number of halogens is 1. The zero-order valence-corrected chi connectivity index (χ0v) is 19.5. The molecule has 0 bridgehead atoms. The maximum Gasteiger partial charge on any atom is 0.253 e. The van der Waals surface area contributed by atoms with Crippen LogP contribution in [-0.4, -0.2) is 54.2 Å². The molecule has 0 saturated heterocycles. The molecule has 4 heterocycles. The molecule has 0 radical (unpaired) electrons. The summed E-state index contributed by atoms with van der Waals surface area (Å²) >= 11 is 6.46. The van der Waals surface area contributed by atoms with E-state index in [9.17, 15) is 4.79 Å². The molecule has 9 nitrogen and oxygen atoms in total. The second kappa shape index (κ2) is 8.60. The molecule has 10 heteroatoms. The van der Waals surface area contributed by atoms with Crippen molar-refractivity contribution in [3.05, 3.63) is 78.0 Å². The molecule has 0 atom stereocenters. The van der Waals surface area contributed by atoms with Crippen molar-refractivity contribution in [2.45, 2.75) is 0 Å². The van der Waals surface area contributed by atoms with E-state index in [1.165, 1.54) is 4.90 Å². The Bertz CT molecular complexity index is 1510. The van der Waals surface area contributed by atoms with Gasteiger partial charge in [-0.25, -0.2) is 15.0 Å². The first-order chi connectivity index (χ1) is 16.4. The van der Waals surface area contributed by atoms with Gasteiger partial charge in [-0.3, -0.25) is 14.0 Å². The summed E-state index contributed by atoms with van der Waals surface area (Å²) in [7, 11) is 5.28. The Morgan fingerprint density at radius 3 is 2.53 bits per heavy atom. The van der Waals surface area contributed by atoms with Gasteiger partial charge in [0.25, 0.3) is 5.91 Å². The quantitative estimate of drug-likeness (QED) is 0.409. The van der Waals surface area contributed by atoms with Crippen LogP contribution in [0.1, 0.15) is 10.4 Å². The number of fused-ring (bicyclic) bond motifs is 1. The summed E-state index contributed by atoms with van der Waals surface area (Å²) in [5, 5.41) is 8.91. The van der Waals surface area contributed by atoms with Gasteiger partial charge in [0, 0.05) is 68.5 Å². The fraction of sp³-hybridized carbons (Fsp3) is 0.125. The third-order valence-corrected chi connectivity index (χ3v) is 5.64. The molecule has 0 spiro atoms. The van der Waals surface area contributed by atoms with Crippen LogP contribution in [-0.2, 0) is 7.05 Å². The van der Waals surface area contributed by atoms with Crippen LogP contribution in [0, 0.1) is 0 Å². The minimum atomic E-state index is -0.114. The lowest BCUT2D eigenvalue weighted by atomic mass is 10.2. The molecule has 5 aromatic rings. The van der Waals surface area contributed by atoms with Gasteiger partial charge in [-0.05, 0) is 30.3 Å². The Hall–Kier alpha value is -4.24. The molecule has 0 aliphatic rings. The maximum absolute atomic E-state index is 12.2. The minimum Gasteiger partial charge on any atom is -0.345 e. The van der Waals surface area contributed by atoms with E-state index >= 15 is 0 Å². The number of nitrogens with one attached hydrogen (secondary N) is 1. The fourth-order valence-corrected chi connectivity index (χ4v) is 3.93. The van der Waals surface area contributed by atoms with Gasteiger partial charge in [-0.2, -0.15) is 5.10 Å². The monoisotopic (exact) mass is 472 g/mol. The Morgan fingerprint density at radius 1 is 1.06 bits per heavy atom. The average molecular weight is 473 g/mol. The van der Waals surface area contributed by atoms with Crippen LogP contribution in [0.15, 0.2) is 67.4 Å². The first-order valence-corrected chi connectivity index (χ1v) is 10.8. The molecule has 1 N–H and O–H groups in total. The highest BCUT2D eigenvalue weighted by Gasteiger charge is 2.17. The molecule has 1 amide bonds. The second-order valence-corrected chi connectivity index (χ2v) is 8.37. The molecule has 5 rings (SSSR count). The van der Waals surface area contributed by atoms with Crippen LogP contribution in [0.25, 0.3) is 28.1 Å². The lowest BCUT2D eigenvalue weighted by Crippen LogP contribution is -2.21. The van der Waals surface area contributed by atoms with Crippen molar-refractivity contribution in [1.29, 1.82) is 0 Å². The van der Waals surface area contributed by atoms with E-state index in [2.05, 4.69) is 25.4 Å². The summed E-state index contributed by atoms with van der Waals surface area (Å²) in [4.78, 5) is 27.2. The first kappa shape index (κ1) is 21.6. The van der Waals surface area contributed by atoms with Crippen LogP contribution in [0.4, 0.5) is 11.5 Å². The van der Waals surface area contributed by atoms with Gasteiger partial charge in [-0.15, -0.1) is 0 Å². The summed E-state index contributed by atoms with van der Waals surface area (Å²) in [6.07, 6.45) is 8.94. The number of benzene rings is 1. The molecule has 0 aliphatic heterocycles. The van der Waals surface area contributed by atoms with Crippen molar-refractivity contribution in [2.75, 3.05) is 19.4 Å². The van der Waals surface area contributed by atoms with Gasteiger partial charge in [0.15, 0.2) is 0 Å². The minimum absolute atomic E-state index is 0.114. The van der Waals surface area contributed by atoms with E-state index in [0.717, 1.165) is 22.2 Å². The highest BCUT2D eigenvalue weighted by molar-refractivity contribution is 6.33. The zero-order valence-electron chi connectivity index (χ0n) is 18.8. The van der Waals surface area contributed by atoms with Crippen LogP contribution in [0.5, 0.6) is 0 Å². The number of aromatic nitrogens is 6. The highest BCUT2D eigenvalue weighted by atomic mass is 35.5. The van der Waals surface area contributed by atoms with E-state index in [1.54, 1.807) is 67.8 Å². The molecule has 4 aromatic heterocycles. The number of hydrogen-bond acceptors (Lipinski definition) is 6. The lowest BCUT2D eigenvalue weighted by molar-refractivity contribution is 0.0827. The Kier molecular flexibility index (Phi) is 5.46. The summed E-state index contributed by atoms with van der Waals surface area (Å²) in [5.74, 6) is 1.02. The van der Waals surface area contributed by atoms with Crippen LogP contribution in [0.2, 0.25) is 5.02 Å². The largest absolute Gasteiger partial charge is 0.345 e. The second-order valence-electron chi connectivity index (χ2n) is 7.96. The number of rotatable bonds is 5. The van der Waals surface area contributed by atoms with E-state index in [1.807, 2.05) is 29.9 Å². The molecule has 1 aromatic carbocycles. The molecule has 0 aliphatic carbocycles. The summed E-state index contributed by atoms with van der Waals surface area (Å²) in [5.41, 5.74) is 3.87. The third kappa shape index (κ3) is 3.97. The summed E-state index contributed by atoms with van der Waals surface area (Å²) < 4.78 is 3.72. The van der Waals surface area contributed by atoms with E-state index in [0.29, 0.717) is 28.0 Å². The molecular weight excluding hydrogens is 452 g/mol. The van der Waals surface area contributed by atoms with Crippen LogP contribution < -0.4 is 5.32 Å². The number of pyridine rings is 1. The number of carbonyl (C=O) groups excluding carboxylic acids is 1. The van der Waals surface area contributed by atoms with Gasteiger partial charge in [0.2, 0.25) is 5.95 Å². The predicted molar refractivity (Wildman–Crippen MR) is 132 cm³/mol. The standard InChI is InChI=1S/C24H21ClN8O/c1-31(2)23(34)15-5-6-19(18(25)9-15)30-22-11-21-16(12-28-22)10-20(17-13-29-32(3)14-17)33(21)24-26-7-4-8-27-24/h4-14H,1-3H3,(H,28,30). The Labute approximate surface area is 200 Å². The topological polar surface area (TPSA) is 93.8 Å². The van der Waals surface area contributed by atoms with Crippen molar-refractivity contribution >= 4 is 39.9 Å². The van der Waals surface area contributed by atoms with Gasteiger partial charge in [-0.1, -0.05) is 11.6 Å². The number of nitrogens with zero attached hydrogens (tertiary/aromatic N) is 7. The van der Waals surface area contributed by atoms with Crippen LogP contribution in [0.3, 0.4) is 0 Å². The average Bonchev–Trinajstić information content (AvgIpc) is 3.43. The molecule has 0 fully saturated rings. The zero-order chi connectivity index (χ0) is 23.8. The normalized spacial score (nSPS) is 11.1. The Morgan fingerprint density at radius 2 is 1.85 bits per heavy atom. The van der Waals surface area contributed by atoms with Gasteiger partial charge >= 0.3 is 0 Å². The van der Waals surface area contributed by atoms with Crippen molar-refractivity contribution < 1.29 is 4.79 Å². The molecule has 0 saturated carbocycles. The number of anilines is 2. The number of aryl methyl sites for hydroxylation is 1. The SMILES string of the molecule is CN(C)C(=O)c1ccc(Nc2cc3c(cn2)cc(-c2cnn(C)c2)n3-c2ncccn2)c(Cl)c1. The number of hydrogen-bond donors (Lipinski definition) is 1. The van der Waals surface area contributed by atoms with Crippen LogP contribution >= 0.6 is 11.6 Å². The van der Waals surface area contributed by atoms with Gasteiger partial charge in [0.05, 0.1) is 28.1 Å². The molecule has 170 valence electrons. The van der Waals surface area contributed by atoms with Crippen molar-refractivity contribution in [1.82, 2.24) is 34.2 Å². The predicted octanol–water partition coefficient (Wildman–Crippen LogP) is 4.31. The third-order valence-electron chi connectivity index (χ3n) is 5.32. The van der Waals surface area contributed by atoms with E-state index in [4.69, 9.17) is 11.6 Å². The summed E-state index contributed by atoms with van der Waals surface area (Å²) in [6, 6.07) is 10.9.